The number of aryl methyl sites for hydroxylation is 1. The third kappa shape index (κ3) is 3.46. The molecule has 27 heavy (non-hydrogen) atoms. The van der Waals surface area contributed by atoms with E-state index in [0.29, 0.717) is 36.4 Å². The Morgan fingerprint density at radius 3 is 2.67 bits per heavy atom. The van der Waals surface area contributed by atoms with Crippen molar-refractivity contribution in [3.05, 3.63) is 22.5 Å². The Labute approximate surface area is 156 Å². The molecular formula is C16H24N10O. The molecule has 2 aromatic heterocycles. The van der Waals surface area contributed by atoms with Gasteiger partial charge < -0.3 is 10.0 Å². The lowest BCUT2D eigenvalue weighted by atomic mass is 9.96. The number of β-amino-alcohol motifs (C(OH)–C–C–N with tert-alkyl or cyclic N) is 1. The molecule has 1 N–H and O–H groups in total. The lowest BCUT2D eigenvalue weighted by Crippen LogP contribution is -2.45. The number of tetrazole rings is 1. The first kappa shape index (κ1) is 17.7. The highest BCUT2D eigenvalue weighted by Gasteiger charge is 2.27. The fourth-order valence-corrected chi connectivity index (χ4v) is 3.07. The van der Waals surface area contributed by atoms with Crippen LogP contribution in [-0.2, 0) is 19.0 Å². The summed E-state index contributed by atoms with van der Waals surface area (Å²) in [6.45, 7) is 8.31. The predicted octanol–water partition coefficient (Wildman–Crippen LogP) is -1.50. The van der Waals surface area contributed by atoms with E-state index in [1.165, 1.54) is 0 Å². The van der Waals surface area contributed by atoms with Gasteiger partial charge in [0.15, 0.2) is 22.5 Å². The van der Waals surface area contributed by atoms with Gasteiger partial charge in [-0.15, -0.1) is 5.10 Å². The molecule has 144 valence electrons. The molecule has 0 aromatic carbocycles. The quantitative estimate of drug-likeness (QED) is 0.691. The van der Waals surface area contributed by atoms with E-state index >= 15 is 0 Å². The second-order valence-corrected chi connectivity index (χ2v) is 7.96. The van der Waals surface area contributed by atoms with Crippen LogP contribution in [0.25, 0.3) is 0 Å². The van der Waals surface area contributed by atoms with E-state index in [1.54, 1.807) is 16.7 Å². The third-order valence-corrected chi connectivity index (χ3v) is 4.64. The molecule has 1 atom stereocenters. The molecule has 2 aliphatic heterocycles. The number of hydrogen-bond donors (Lipinski definition) is 1. The van der Waals surface area contributed by atoms with Crippen molar-refractivity contribution in [1.29, 1.82) is 0 Å². The Morgan fingerprint density at radius 1 is 1.22 bits per heavy atom. The number of fused-ring (bicyclic) bond motifs is 1. The van der Waals surface area contributed by atoms with Crippen molar-refractivity contribution < 1.29 is 5.11 Å². The van der Waals surface area contributed by atoms with E-state index in [0.717, 1.165) is 24.6 Å². The van der Waals surface area contributed by atoms with E-state index in [9.17, 15) is 5.11 Å². The first-order chi connectivity index (χ1) is 12.8. The van der Waals surface area contributed by atoms with Crippen LogP contribution in [0.3, 0.4) is 0 Å². The molecule has 0 saturated carbocycles. The van der Waals surface area contributed by atoms with Gasteiger partial charge in [-0.1, -0.05) is 20.8 Å². The molecule has 1 unspecified atom stereocenters. The van der Waals surface area contributed by atoms with Crippen LogP contribution in [0.15, 0.2) is 10.1 Å². The summed E-state index contributed by atoms with van der Waals surface area (Å²) in [7, 11) is 1.79. The summed E-state index contributed by atoms with van der Waals surface area (Å²) < 4.78 is 1.61. The summed E-state index contributed by atoms with van der Waals surface area (Å²) in [6.07, 6.45) is 0.366. The highest BCUT2D eigenvalue weighted by Crippen LogP contribution is 2.20. The average Bonchev–Trinajstić information content (AvgIpc) is 3.22. The van der Waals surface area contributed by atoms with Crippen LogP contribution in [0.1, 0.15) is 38.8 Å². The van der Waals surface area contributed by atoms with E-state index in [1.807, 2.05) is 0 Å². The standard InChI is InChI=1S/C16H24N10O/c1-16(2,3)15-18-13-12(14(19-15)25-6-5-10(27)7-25)21-26(9-17-13)8-11-20-22-23-24(11)4/h10,27H,5-9H2,1-4H3. The SMILES string of the molecule is Cn1nnnc1CN1CN=c2nc(C(C)(C)C)nc(N3CCC(O)C3)c2=N1. The molecule has 2 aliphatic rings. The van der Waals surface area contributed by atoms with Gasteiger partial charge in [0.1, 0.15) is 12.5 Å². The Kier molecular flexibility index (Phi) is 4.25. The Balaban J connectivity index is 1.78. The van der Waals surface area contributed by atoms with Gasteiger partial charge in [-0.2, -0.15) is 5.10 Å². The smallest absolute Gasteiger partial charge is 0.182 e. The fourth-order valence-electron chi connectivity index (χ4n) is 3.07. The maximum absolute atomic E-state index is 9.97. The molecule has 4 heterocycles. The fraction of sp³-hybridized carbons (Fsp3) is 0.688. The second-order valence-electron chi connectivity index (χ2n) is 7.96. The minimum Gasteiger partial charge on any atom is -0.391 e. The molecule has 11 heteroatoms. The largest absolute Gasteiger partial charge is 0.391 e. The Morgan fingerprint density at radius 2 is 2.04 bits per heavy atom. The lowest BCUT2D eigenvalue weighted by molar-refractivity contribution is 0.198. The van der Waals surface area contributed by atoms with Gasteiger partial charge in [0.25, 0.3) is 0 Å². The monoisotopic (exact) mass is 372 g/mol. The minimum absolute atomic E-state index is 0.209. The lowest BCUT2D eigenvalue weighted by Gasteiger charge is -2.24. The van der Waals surface area contributed by atoms with Crippen molar-refractivity contribution in [2.75, 3.05) is 24.7 Å². The molecule has 1 saturated heterocycles. The van der Waals surface area contributed by atoms with E-state index in [-0.39, 0.29) is 11.5 Å². The maximum Gasteiger partial charge on any atom is 0.182 e. The zero-order valence-electron chi connectivity index (χ0n) is 16.0. The molecule has 0 aliphatic carbocycles. The number of nitrogens with zero attached hydrogens (tertiary/aromatic N) is 10. The maximum atomic E-state index is 9.97. The number of aromatic nitrogens is 6. The summed E-state index contributed by atoms with van der Waals surface area (Å²) in [6, 6.07) is 0. The van der Waals surface area contributed by atoms with Gasteiger partial charge in [-0.3, -0.25) is 5.01 Å². The van der Waals surface area contributed by atoms with Gasteiger partial charge in [-0.05, 0) is 16.8 Å². The predicted molar refractivity (Wildman–Crippen MR) is 95.1 cm³/mol. The van der Waals surface area contributed by atoms with Crippen molar-refractivity contribution in [3.8, 4) is 0 Å². The third-order valence-electron chi connectivity index (χ3n) is 4.64. The summed E-state index contributed by atoms with van der Waals surface area (Å²) in [5.74, 6) is 2.15. The molecule has 0 spiro atoms. The van der Waals surface area contributed by atoms with Crippen molar-refractivity contribution in [2.45, 2.75) is 45.3 Å². The molecule has 4 rings (SSSR count). The van der Waals surface area contributed by atoms with Crippen LogP contribution in [0.4, 0.5) is 5.82 Å². The first-order valence-electron chi connectivity index (χ1n) is 9.02. The van der Waals surface area contributed by atoms with Crippen LogP contribution in [0.2, 0.25) is 0 Å². The van der Waals surface area contributed by atoms with Crippen LogP contribution in [-0.4, -0.2) is 66.2 Å². The zero-order chi connectivity index (χ0) is 19.2. The van der Waals surface area contributed by atoms with Crippen molar-refractivity contribution >= 4 is 5.82 Å². The van der Waals surface area contributed by atoms with Gasteiger partial charge >= 0.3 is 0 Å². The van der Waals surface area contributed by atoms with Crippen molar-refractivity contribution in [1.82, 2.24) is 35.2 Å². The molecular weight excluding hydrogens is 348 g/mol. The van der Waals surface area contributed by atoms with E-state index in [4.69, 9.17) is 10.1 Å². The Hall–Kier alpha value is -2.69. The Bertz CT molecular complexity index is 963. The summed E-state index contributed by atoms with van der Waals surface area (Å²) in [4.78, 5) is 16.1. The van der Waals surface area contributed by atoms with Gasteiger partial charge in [0.2, 0.25) is 0 Å². The summed E-state index contributed by atoms with van der Waals surface area (Å²) in [5, 5.41) is 28.7. The van der Waals surface area contributed by atoms with Crippen LogP contribution in [0.5, 0.6) is 0 Å². The number of aliphatic hydroxyl groups is 1. The molecule has 1 fully saturated rings. The number of aliphatic hydroxyl groups excluding tert-OH is 1. The molecule has 0 bridgehead atoms. The number of rotatable bonds is 3. The number of anilines is 1. The summed E-state index contributed by atoms with van der Waals surface area (Å²) >= 11 is 0. The minimum atomic E-state index is -0.352. The van der Waals surface area contributed by atoms with Crippen LogP contribution in [0, 0.1) is 0 Å². The average molecular weight is 372 g/mol. The molecule has 0 radical (unpaired) electrons. The number of hydrogen-bond acceptors (Lipinski definition) is 10. The molecule has 0 amide bonds. The molecule has 2 aromatic rings. The highest BCUT2D eigenvalue weighted by molar-refractivity contribution is 5.39. The second kappa shape index (κ2) is 6.48. The normalized spacial score (nSPS) is 19.7. The zero-order valence-corrected chi connectivity index (χ0v) is 16.0. The van der Waals surface area contributed by atoms with E-state index in [2.05, 4.69) is 51.2 Å². The van der Waals surface area contributed by atoms with Crippen LogP contribution >= 0.6 is 0 Å². The highest BCUT2D eigenvalue weighted by atomic mass is 16.3. The van der Waals surface area contributed by atoms with E-state index < -0.39 is 0 Å². The summed E-state index contributed by atoms with van der Waals surface area (Å²) in [5.41, 5.74) is 0.387. The van der Waals surface area contributed by atoms with Gasteiger partial charge in [0, 0.05) is 25.6 Å². The van der Waals surface area contributed by atoms with Crippen LogP contribution < -0.4 is 15.7 Å². The molecule has 11 nitrogen and oxygen atoms in total. The van der Waals surface area contributed by atoms with Gasteiger partial charge in [0.05, 0.1) is 12.6 Å². The van der Waals surface area contributed by atoms with Crippen molar-refractivity contribution in [2.24, 2.45) is 17.1 Å². The van der Waals surface area contributed by atoms with Gasteiger partial charge in [-0.25, -0.2) is 19.6 Å². The van der Waals surface area contributed by atoms with Crippen molar-refractivity contribution in [3.63, 3.8) is 0 Å². The first-order valence-corrected chi connectivity index (χ1v) is 9.02. The topological polar surface area (TPSA) is 121 Å².